The summed E-state index contributed by atoms with van der Waals surface area (Å²) >= 11 is 5.46. The lowest BCUT2D eigenvalue weighted by atomic mass is 10.2. The number of amides is 1. The highest BCUT2D eigenvalue weighted by Crippen LogP contribution is 2.21. The molecular weight excluding hydrogens is 218 g/mol. The van der Waals surface area contributed by atoms with Crippen LogP contribution in [0.4, 0.5) is 0 Å². The quantitative estimate of drug-likeness (QED) is 0.719. The highest BCUT2D eigenvalue weighted by Gasteiger charge is 2.34. The van der Waals surface area contributed by atoms with Crippen LogP contribution in [0.3, 0.4) is 0 Å². The predicted octanol–water partition coefficient (Wildman–Crippen LogP) is -0.134. The number of aliphatic hydroxyl groups excluding tert-OH is 1. The molecule has 2 rings (SSSR count). The molecule has 1 aromatic heterocycles. The van der Waals surface area contributed by atoms with E-state index in [2.05, 4.69) is 4.98 Å². The molecule has 82 valence electrons. The van der Waals surface area contributed by atoms with Gasteiger partial charge in [-0.1, -0.05) is 0 Å². The molecule has 1 N–H and O–H groups in total. The van der Waals surface area contributed by atoms with Gasteiger partial charge in [-0.05, 0) is 0 Å². The van der Waals surface area contributed by atoms with E-state index in [0.717, 1.165) is 0 Å². The van der Waals surface area contributed by atoms with Gasteiger partial charge < -0.3 is 14.6 Å². The SMILES string of the molecule is O=C(CCl)N1C[C@@H](n2ccnc2)[C@@H](O)C1. The zero-order valence-electron chi connectivity index (χ0n) is 8.08. The molecule has 2 heterocycles. The van der Waals surface area contributed by atoms with Gasteiger partial charge in [-0.3, -0.25) is 4.79 Å². The van der Waals surface area contributed by atoms with Crippen molar-refractivity contribution in [3.8, 4) is 0 Å². The third-order valence-electron chi connectivity index (χ3n) is 2.63. The van der Waals surface area contributed by atoms with E-state index in [0.29, 0.717) is 13.1 Å². The fourth-order valence-electron chi connectivity index (χ4n) is 1.82. The molecule has 0 spiro atoms. The second kappa shape index (κ2) is 4.20. The molecule has 0 unspecified atom stereocenters. The zero-order chi connectivity index (χ0) is 10.8. The third kappa shape index (κ3) is 1.98. The lowest BCUT2D eigenvalue weighted by Crippen LogP contribution is -2.30. The van der Waals surface area contributed by atoms with Crippen molar-refractivity contribution in [2.24, 2.45) is 0 Å². The molecule has 1 aliphatic heterocycles. The van der Waals surface area contributed by atoms with Gasteiger partial charge >= 0.3 is 0 Å². The molecule has 0 aromatic carbocycles. The molecular formula is C9H12ClN3O2. The number of carbonyl (C=O) groups excluding carboxylic acids is 1. The van der Waals surface area contributed by atoms with E-state index in [4.69, 9.17) is 11.6 Å². The topological polar surface area (TPSA) is 58.4 Å². The lowest BCUT2D eigenvalue weighted by Gasteiger charge is -2.15. The number of rotatable bonds is 2. The van der Waals surface area contributed by atoms with Gasteiger partial charge in [-0.15, -0.1) is 11.6 Å². The Bertz CT molecular complexity index is 341. The number of nitrogens with zero attached hydrogens (tertiary/aromatic N) is 3. The van der Waals surface area contributed by atoms with Crippen molar-refractivity contribution >= 4 is 17.5 Å². The summed E-state index contributed by atoms with van der Waals surface area (Å²) in [4.78, 5) is 16.8. The maximum atomic E-state index is 11.3. The molecule has 1 fully saturated rings. The van der Waals surface area contributed by atoms with Gasteiger partial charge in [0, 0.05) is 25.5 Å². The monoisotopic (exact) mass is 229 g/mol. The Morgan fingerprint density at radius 2 is 2.40 bits per heavy atom. The number of halogens is 1. The normalized spacial score (nSPS) is 25.9. The van der Waals surface area contributed by atoms with E-state index in [-0.39, 0.29) is 17.8 Å². The van der Waals surface area contributed by atoms with E-state index < -0.39 is 6.10 Å². The number of hydrogen-bond acceptors (Lipinski definition) is 3. The fourth-order valence-corrected chi connectivity index (χ4v) is 1.99. The number of likely N-dealkylation sites (tertiary alicyclic amines) is 1. The Balaban J connectivity index is 2.08. The van der Waals surface area contributed by atoms with Crippen LogP contribution >= 0.6 is 11.6 Å². The first-order valence-electron chi connectivity index (χ1n) is 4.71. The minimum absolute atomic E-state index is 0.0383. The molecule has 1 saturated heterocycles. The third-order valence-corrected chi connectivity index (χ3v) is 2.86. The van der Waals surface area contributed by atoms with E-state index in [1.165, 1.54) is 0 Å². The van der Waals surface area contributed by atoms with Crippen molar-refractivity contribution in [3.05, 3.63) is 18.7 Å². The second-order valence-electron chi connectivity index (χ2n) is 3.58. The second-order valence-corrected chi connectivity index (χ2v) is 3.84. The Morgan fingerprint density at radius 1 is 1.60 bits per heavy atom. The average Bonchev–Trinajstić information content (AvgIpc) is 2.84. The first-order valence-corrected chi connectivity index (χ1v) is 5.25. The molecule has 15 heavy (non-hydrogen) atoms. The van der Waals surface area contributed by atoms with Crippen LogP contribution in [0.2, 0.25) is 0 Å². The van der Waals surface area contributed by atoms with Crippen molar-refractivity contribution in [1.29, 1.82) is 0 Å². The number of alkyl halides is 1. The first kappa shape index (κ1) is 10.4. The lowest BCUT2D eigenvalue weighted by molar-refractivity contribution is -0.127. The van der Waals surface area contributed by atoms with E-state index in [1.807, 2.05) is 4.57 Å². The molecule has 0 radical (unpaired) electrons. The zero-order valence-corrected chi connectivity index (χ0v) is 8.84. The smallest absolute Gasteiger partial charge is 0.237 e. The van der Waals surface area contributed by atoms with Crippen molar-refractivity contribution in [3.63, 3.8) is 0 Å². The summed E-state index contributed by atoms with van der Waals surface area (Å²) in [5, 5.41) is 9.79. The maximum Gasteiger partial charge on any atom is 0.237 e. The van der Waals surface area contributed by atoms with Gasteiger partial charge in [0.2, 0.25) is 5.91 Å². The van der Waals surface area contributed by atoms with Crippen molar-refractivity contribution in [1.82, 2.24) is 14.5 Å². The molecule has 5 nitrogen and oxygen atoms in total. The Hall–Kier alpha value is -1.07. The molecule has 1 amide bonds. The van der Waals surface area contributed by atoms with Crippen LogP contribution in [-0.4, -0.2) is 50.5 Å². The first-order chi connectivity index (χ1) is 7.22. The van der Waals surface area contributed by atoms with Crippen LogP contribution in [0.25, 0.3) is 0 Å². The van der Waals surface area contributed by atoms with Crippen LogP contribution in [0.1, 0.15) is 6.04 Å². The van der Waals surface area contributed by atoms with Gasteiger partial charge in [-0.2, -0.15) is 0 Å². The van der Waals surface area contributed by atoms with Gasteiger partial charge in [0.15, 0.2) is 0 Å². The summed E-state index contributed by atoms with van der Waals surface area (Å²) in [5.74, 6) is -0.179. The summed E-state index contributed by atoms with van der Waals surface area (Å²) in [5.41, 5.74) is 0. The van der Waals surface area contributed by atoms with Gasteiger partial charge in [0.1, 0.15) is 5.88 Å². The molecule has 6 heteroatoms. The summed E-state index contributed by atoms with van der Waals surface area (Å²) < 4.78 is 1.81. The molecule has 2 atom stereocenters. The molecule has 0 saturated carbocycles. The molecule has 1 aliphatic rings. The Labute approximate surface area is 92.3 Å². The minimum atomic E-state index is -0.550. The van der Waals surface area contributed by atoms with E-state index in [1.54, 1.807) is 23.6 Å². The van der Waals surface area contributed by atoms with Crippen LogP contribution in [-0.2, 0) is 4.79 Å². The standard InChI is InChI=1S/C9H12ClN3O2/c10-3-9(15)13-4-7(8(14)5-13)12-2-1-11-6-12/h1-2,6-8,14H,3-5H2/t7-,8+/m1/s1. The number of aromatic nitrogens is 2. The van der Waals surface area contributed by atoms with E-state index in [9.17, 15) is 9.90 Å². The predicted molar refractivity (Wildman–Crippen MR) is 54.6 cm³/mol. The number of hydrogen-bond donors (Lipinski definition) is 1. The van der Waals surface area contributed by atoms with Crippen LogP contribution in [0, 0.1) is 0 Å². The minimum Gasteiger partial charge on any atom is -0.389 e. The van der Waals surface area contributed by atoms with E-state index >= 15 is 0 Å². The van der Waals surface area contributed by atoms with Gasteiger partial charge in [0.25, 0.3) is 0 Å². The Kier molecular flexibility index (Phi) is 2.93. The highest BCUT2D eigenvalue weighted by molar-refractivity contribution is 6.27. The summed E-state index contributed by atoms with van der Waals surface area (Å²) in [6.07, 6.45) is 4.52. The number of β-amino-alcohol motifs (C(OH)–C–C–N with tert-alkyl or cyclic N) is 1. The summed E-state index contributed by atoms with van der Waals surface area (Å²) in [7, 11) is 0. The molecule has 1 aromatic rings. The average molecular weight is 230 g/mol. The van der Waals surface area contributed by atoms with Crippen molar-refractivity contribution in [2.75, 3.05) is 19.0 Å². The largest absolute Gasteiger partial charge is 0.389 e. The number of imidazole rings is 1. The van der Waals surface area contributed by atoms with Crippen LogP contribution < -0.4 is 0 Å². The van der Waals surface area contributed by atoms with Gasteiger partial charge in [0.05, 0.1) is 18.5 Å². The maximum absolute atomic E-state index is 11.3. The van der Waals surface area contributed by atoms with Crippen LogP contribution in [0.5, 0.6) is 0 Å². The molecule has 0 aliphatic carbocycles. The highest BCUT2D eigenvalue weighted by atomic mass is 35.5. The number of aliphatic hydroxyl groups is 1. The summed E-state index contributed by atoms with van der Waals surface area (Å²) in [6, 6.07) is -0.111. The van der Waals surface area contributed by atoms with Gasteiger partial charge in [-0.25, -0.2) is 4.98 Å². The summed E-state index contributed by atoms with van der Waals surface area (Å²) in [6.45, 7) is 0.831. The molecule has 0 bridgehead atoms. The number of carbonyl (C=O) groups is 1. The van der Waals surface area contributed by atoms with Crippen LogP contribution in [0.15, 0.2) is 18.7 Å². The fraction of sp³-hybridized carbons (Fsp3) is 0.556. The Morgan fingerprint density at radius 3 is 3.00 bits per heavy atom. The van der Waals surface area contributed by atoms with Crippen molar-refractivity contribution in [2.45, 2.75) is 12.1 Å². The van der Waals surface area contributed by atoms with Crippen molar-refractivity contribution < 1.29 is 9.90 Å².